The summed E-state index contributed by atoms with van der Waals surface area (Å²) in [7, 11) is 1.99. The SMILES string of the molecule is Cn1ccc2cc(C(=O)NCCc3ccccc3Cl)ccc21. The lowest BCUT2D eigenvalue weighted by Gasteiger charge is -2.07. The third-order valence-corrected chi connectivity index (χ3v) is 4.15. The minimum Gasteiger partial charge on any atom is -0.352 e. The molecule has 0 bridgehead atoms. The molecule has 3 nitrogen and oxygen atoms in total. The molecule has 0 fully saturated rings. The van der Waals surface area contributed by atoms with Crippen molar-refractivity contribution in [2.75, 3.05) is 6.54 Å². The first-order valence-electron chi connectivity index (χ1n) is 7.22. The Morgan fingerprint density at radius 2 is 2.00 bits per heavy atom. The predicted octanol–water partition coefficient (Wildman–Crippen LogP) is 3.80. The van der Waals surface area contributed by atoms with E-state index in [0.717, 1.165) is 27.9 Å². The van der Waals surface area contributed by atoms with Crippen molar-refractivity contribution < 1.29 is 4.79 Å². The van der Waals surface area contributed by atoms with Gasteiger partial charge in [0.25, 0.3) is 5.91 Å². The van der Waals surface area contributed by atoms with Crippen LogP contribution in [0.5, 0.6) is 0 Å². The summed E-state index contributed by atoms with van der Waals surface area (Å²) >= 11 is 6.11. The highest BCUT2D eigenvalue weighted by atomic mass is 35.5. The summed E-state index contributed by atoms with van der Waals surface area (Å²) < 4.78 is 2.04. The van der Waals surface area contributed by atoms with Crippen molar-refractivity contribution >= 4 is 28.4 Å². The van der Waals surface area contributed by atoms with Gasteiger partial charge >= 0.3 is 0 Å². The van der Waals surface area contributed by atoms with Crippen molar-refractivity contribution in [3.05, 3.63) is 70.9 Å². The van der Waals surface area contributed by atoms with Crippen molar-refractivity contribution in [3.8, 4) is 0 Å². The number of halogens is 1. The van der Waals surface area contributed by atoms with Crippen LogP contribution in [0.2, 0.25) is 5.02 Å². The van der Waals surface area contributed by atoms with Crippen molar-refractivity contribution in [2.24, 2.45) is 7.05 Å². The zero-order chi connectivity index (χ0) is 15.5. The fourth-order valence-electron chi connectivity index (χ4n) is 2.54. The number of aryl methyl sites for hydroxylation is 1. The Bertz CT molecular complexity index is 823. The van der Waals surface area contributed by atoms with Gasteiger partial charge < -0.3 is 9.88 Å². The molecule has 0 unspecified atom stereocenters. The first-order valence-corrected chi connectivity index (χ1v) is 7.59. The van der Waals surface area contributed by atoms with Crippen LogP contribution < -0.4 is 5.32 Å². The van der Waals surface area contributed by atoms with Gasteiger partial charge in [-0.3, -0.25) is 4.79 Å². The van der Waals surface area contributed by atoms with Crippen LogP contribution in [-0.2, 0) is 13.5 Å². The Labute approximate surface area is 134 Å². The van der Waals surface area contributed by atoms with E-state index in [2.05, 4.69) is 5.32 Å². The number of amides is 1. The summed E-state index contributed by atoms with van der Waals surface area (Å²) in [6.07, 6.45) is 2.71. The Hall–Kier alpha value is -2.26. The van der Waals surface area contributed by atoms with E-state index in [-0.39, 0.29) is 5.91 Å². The molecule has 22 heavy (non-hydrogen) atoms. The molecule has 1 amide bonds. The molecule has 0 atom stereocenters. The predicted molar refractivity (Wildman–Crippen MR) is 90.4 cm³/mol. The smallest absolute Gasteiger partial charge is 0.251 e. The van der Waals surface area contributed by atoms with E-state index in [4.69, 9.17) is 11.6 Å². The molecule has 0 aliphatic heterocycles. The summed E-state index contributed by atoms with van der Waals surface area (Å²) in [5, 5.41) is 4.75. The lowest BCUT2D eigenvalue weighted by Crippen LogP contribution is -2.25. The van der Waals surface area contributed by atoms with Gasteiger partial charge in [0, 0.05) is 41.3 Å². The number of carbonyl (C=O) groups is 1. The van der Waals surface area contributed by atoms with E-state index in [9.17, 15) is 4.79 Å². The van der Waals surface area contributed by atoms with Gasteiger partial charge in [-0.1, -0.05) is 29.8 Å². The highest BCUT2D eigenvalue weighted by molar-refractivity contribution is 6.31. The van der Waals surface area contributed by atoms with Gasteiger partial charge in [0.2, 0.25) is 0 Å². The molecule has 3 aromatic rings. The second kappa shape index (κ2) is 6.24. The molecule has 0 saturated heterocycles. The molecule has 4 heteroatoms. The maximum Gasteiger partial charge on any atom is 0.251 e. The number of fused-ring (bicyclic) bond motifs is 1. The van der Waals surface area contributed by atoms with Gasteiger partial charge in [0.15, 0.2) is 0 Å². The standard InChI is InChI=1S/C18H17ClN2O/c1-21-11-9-14-12-15(6-7-17(14)21)18(22)20-10-8-13-4-2-3-5-16(13)19/h2-7,9,11-12H,8,10H2,1H3,(H,20,22). The number of hydrogen-bond acceptors (Lipinski definition) is 1. The highest BCUT2D eigenvalue weighted by Crippen LogP contribution is 2.17. The lowest BCUT2D eigenvalue weighted by molar-refractivity contribution is 0.0954. The van der Waals surface area contributed by atoms with Crippen molar-refractivity contribution in [1.82, 2.24) is 9.88 Å². The minimum absolute atomic E-state index is 0.0576. The molecule has 0 saturated carbocycles. The largest absolute Gasteiger partial charge is 0.352 e. The van der Waals surface area contributed by atoms with E-state index in [0.29, 0.717) is 12.1 Å². The van der Waals surface area contributed by atoms with Crippen molar-refractivity contribution in [3.63, 3.8) is 0 Å². The lowest BCUT2D eigenvalue weighted by atomic mass is 10.1. The van der Waals surface area contributed by atoms with Gasteiger partial charge in [0.05, 0.1) is 0 Å². The van der Waals surface area contributed by atoms with E-state index in [1.165, 1.54) is 0 Å². The minimum atomic E-state index is -0.0576. The maximum absolute atomic E-state index is 12.2. The molecule has 112 valence electrons. The summed E-state index contributed by atoms with van der Waals surface area (Å²) in [5.41, 5.74) is 2.84. The molecule has 1 aromatic heterocycles. The molecule has 0 radical (unpaired) electrons. The molecular formula is C18H17ClN2O. The molecule has 0 spiro atoms. The van der Waals surface area contributed by atoms with Crippen LogP contribution >= 0.6 is 11.6 Å². The Morgan fingerprint density at radius 1 is 1.18 bits per heavy atom. The van der Waals surface area contributed by atoms with E-state index in [1.54, 1.807) is 0 Å². The third kappa shape index (κ3) is 3.00. The van der Waals surface area contributed by atoms with E-state index < -0.39 is 0 Å². The van der Waals surface area contributed by atoms with E-state index in [1.807, 2.05) is 66.3 Å². The average molecular weight is 313 g/mol. The molecule has 0 aliphatic carbocycles. The normalized spacial score (nSPS) is 10.8. The molecule has 2 aromatic carbocycles. The fraction of sp³-hybridized carbons (Fsp3) is 0.167. The van der Waals surface area contributed by atoms with Gasteiger partial charge in [-0.25, -0.2) is 0 Å². The van der Waals surface area contributed by atoms with Gasteiger partial charge in [-0.15, -0.1) is 0 Å². The molecular weight excluding hydrogens is 296 g/mol. The quantitative estimate of drug-likeness (QED) is 0.781. The Kier molecular flexibility index (Phi) is 4.16. The number of aromatic nitrogens is 1. The highest BCUT2D eigenvalue weighted by Gasteiger charge is 2.07. The number of nitrogens with zero attached hydrogens (tertiary/aromatic N) is 1. The van der Waals surface area contributed by atoms with Crippen molar-refractivity contribution in [2.45, 2.75) is 6.42 Å². The van der Waals surface area contributed by atoms with Crippen LogP contribution in [0.25, 0.3) is 10.9 Å². The molecule has 1 heterocycles. The fourth-order valence-corrected chi connectivity index (χ4v) is 2.77. The zero-order valence-electron chi connectivity index (χ0n) is 12.3. The summed E-state index contributed by atoms with van der Waals surface area (Å²) in [6.45, 7) is 0.565. The first-order chi connectivity index (χ1) is 10.6. The van der Waals surface area contributed by atoms with Crippen LogP contribution in [0.3, 0.4) is 0 Å². The van der Waals surface area contributed by atoms with Gasteiger partial charge in [-0.2, -0.15) is 0 Å². The summed E-state index contributed by atoms with van der Waals surface area (Å²) in [6, 6.07) is 15.4. The number of hydrogen-bond donors (Lipinski definition) is 1. The molecule has 1 N–H and O–H groups in total. The summed E-state index contributed by atoms with van der Waals surface area (Å²) in [5.74, 6) is -0.0576. The van der Waals surface area contributed by atoms with Crippen LogP contribution in [0, 0.1) is 0 Å². The second-order valence-electron chi connectivity index (χ2n) is 5.30. The zero-order valence-corrected chi connectivity index (χ0v) is 13.1. The third-order valence-electron chi connectivity index (χ3n) is 3.79. The Morgan fingerprint density at radius 3 is 2.82 bits per heavy atom. The number of nitrogens with one attached hydrogen (secondary N) is 1. The Balaban J connectivity index is 1.65. The average Bonchev–Trinajstić information content (AvgIpc) is 2.90. The molecule has 0 aliphatic rings. The second-order valence-corrected chi connectivity index (χ2v) is 5.70. The number of rotatable bonds is 4. The van der Waals surface area contributed by atoms with Crippen LogP contribution in [0.15, 0.2) is 54.7 Å². The summed E-state index contributed by atoms with van der Waals surface area (Å²) in [4.78, 5) is 12.2. The monoisotopic (exact) mass is 312 g/mol. The van der Waals surface area contributed by atoms with Crippen LogP contribution in [0.1, 0.15) is 15.9 Å². The topological polar surface area (TPSA) is 34.0 Å². The van der Waals surface area contributed by atoms with Crippen LogP contribution in [-0.4, -0.2) is 17.0 Å². The number of carbonyl (C=O) groups excluding carboxylic acids is 1. The van der Waals surface area contributed by atoms with Crippen molar-refractivity contribution in [1.29, 1.82) is 0 Å². The maximum atomic E-state index is 12.2. The van der Waals surface area contributed by atoms with Crippen LogP contribution in [0.4, 0.5) is 0 Å². The molecule has 3 rings (SSSR count). The van der Waals surface area contributed by atoms with Gasteiger partial charge in [-0.05, 0) is 42.3 Å². The number of benzene rings is 2. The van der Waals surface area contributed by atoms with E-state index >= 15 is 0 Å². The van der Waals surface area contributed by atoms with Gasteiger partial charge in [0.1, 0.15) is 0 Å². The first kappa shape index (κ1) is 14.7.